The average Bonchev–Trinajstić information content (AvgIpc) is 3.02. The molecule has 0 amide bonds. The van der Waals surface area contributed by atoms with Crippen molar-refractivity contribution >= 4 is 5.97 Å². The summed E-state index contributed by atoms with van der Waals surface area (Å²) in [6.45, 7) is 4.17. The summed E-state index contributed by atoms with van der Waals surface area (Å²) in [4.78, 5) is 10.9. The molecule has 86 valence electrons. The molecule has 1 saturated carbocycles. The van der Waals surface area contributed by atoms with E-state index in [2.05, 4.69) is 32.0 Å². The minimum Gasteiger partial charge on any atom is -0.481 e. The summed E-state index contributed by atoms with van der Waals surface area (Å²) in [5.74, 6) is 0.130. The molecule has 1 aliphatic rings. The van der Waals surface area contributed by atoms with Gasteiger partial charge < -0.3 is 5.11 Å². The molecule has 2 rings (SSSR count). The Bertz CT molecular complexity index is 405. The van der Waals surface area contributed by atoms with Crippen LogP contribution >= 0.6 is 0 Å². The standard InChI is InChI=1S/C14H18O2/c1-9-3-4-12(7-10(9)2)13(8-14(15)16)11-5-6-11/h3-4,7,11,13H,5-6,8H2,1-2H3,(H,15,16). The van der Waals surface area contributed by atoms with Crippen LogP contribution in [0.3, 0.4) is 0 Å². The van der Waals surface area contributed by atoms with Gasteiger partial charge in [-0.1, -0.05) is 18.2 Å². The molecule has 1 unspecified atom stereocenters. The van der Waals surface area contributed by atoms with Crippen LogP contribution in [0.25, 0.3) is 0 Å². The van der Waals surface area contributed by atoms with Crippen LogP contribution in [0.5, 0.6) is 0 Å². The molecule has 1 atom stereocenters. The molecule has 1 fully saturated rings. The van der Waals surface area contributed by atoms with Crippen LogP contribution in [0, 0.1) is 19.8 Å². The van der Waals surface area contributed by atoms with Gasteiger partial charge in [0.15, 0.2) is 0 Å². The summed E-state index contributed by atoms with van der Waals surface area (Å²) in [5.41, 5.74) is 3.73. The third kappa shape index (κ3) is 2.43. The predicted molar refractivity (Wildman–Crippen MR) is 63.6 cm³/mol. The highest BCUT2D eigenvalue weighted by Gasteiger charge is 2.33. The van der Waals surface area contributed by atoms with E-state index in [0.717, 1.165) is 0 Å². The second-order valence-electron chi connectivity index (χ2n) is 4.89. The number of carboxylic acids is 1. The molecule has 0 spiro atoms. The van der Waals surface area contributed by atoms with Gasteiger partial charge in [0.25, 0.3) is 0 Å². The Balaban J connectivity index is 2.24. The van der Waals surface area contributed by atoms with E-state index in [9.17, 15) is 4.79 Å². The van der Waals surface area contributed by atoms with Gasteiger partial charge in [-0.2, -0.15) is 0 Å². The van der Waals surface area contributed by atoms with Crippen LogP contribution in [-0.2, 0) is 4.79 Å². The first kappa shape index (κ1) is 11.2. The Morgan fingerprint density at radius 3 is 2.56 bits per heavy atom. The highest BCUT2D eigenvalue weighted by Crippen LogP contribution is 2.44. The van der Waals surface area contributed by atoms with Crippen LogP contribution in [0.2, 0.25) is 0 Å². The smallest absolute Gasteiger partial charge is 0.303 e. The normalized spacial score (nSPS) is 17.1. The average molecular weight is 218 g/mol. The molecule has 0 heterocycles. The topological polar surface area (TPSA) is 37.3 Å². The molecular formula is C14H18O2. The minimum absolute atomic E-state index is 0.219. The number of aliphatic carboxylic acids is 1. The zero-order valence-electron chi connectivity index (χ0n) is 9.86. The summed E-state index contributed by atoms with van der Waals surface area (Å²) in [6.07, 6.45) is 2.64. The van der Waals surface area contributed by atoms with E-state index in [0.29, 0.717) is 5.92 Å². The lowest BCUT2D eigenvalue weighted by molar-refractivity contribution is -0.137. The fourth-order valence-corrected chi connectivity index (χ4v) is 2.24. The fourth-order valence-electron chi connectivity index (χ4n) is 2.24. The van der Waals surface area contributed by atoms with Crippen molar-refractivity contribution in [3.8, 4) is 0 Å². The zero-order chi connectivity index (χ0) is 11.7. The highest BCUT2D eigenvalue weighted by molar-refractivity contribution is 5.68. The second kappa shape index (κ2) is 4.28. The summed E-state index contributed by atoms with van der Waals surface area (Å²) in [7, 11) is 0. The Morgan fingerprint density at radius 2 is 2.06 bits per heavy atom. The number of aryl methyl sites for hydroxylation is 2. The molecule has 2 nitrogen and oxygen atoms in total. The van der Waals surface area contributed by atoms with Crippen molar-refractivity contribution in [3.05, 3.63) is 34.9 Å². The SMILES string of the molecule is Cc1ccc(C(CC(=O)O)C2CC2)cc1C. The molecule has 1 aromatic carbocycles. The summed E-state index contributed by atoms with van der Waals surface area (Å²) < 4.78 is 0. The van der Waals surface area contributed by atoms with E-state index in [-0.39, 0.29) is 12.3 Å². The van der Waals surface area contributed by atoms with E-state index in [4.69, 9.17) is 5.11 Å². The second-order valence-corrected chi connectivity index (χ2v) is 4.89. The zero-order valence-corrected chi connectivity index (χ0v) is 9.86. The van der Waals surface area contributed by atoms with Crippen molar-refractivity contribution in [2.45, 2.75) is 39.0 Å². The first-order valence-electron chi connectivity index (χ1n) is 5.87. The van der Waals surface area contributed by atoms with Crippen molar-refractivity contribution in [3.63, 3.8) is 0 Å². The Kier molecular flexibility index (Phi) is 2.99. The van der Waals surface area contributed by atoms with Crippen molar-refractivity contribution in [1.82, 2.24) is 0 Å². The Hall–Kier alpha value is -1.31. The molecule has 2 heteroatoms. The first-order chi connectivity index (χ1) is 7.58. The van der Waals surface area contributed by atoms with Crippen LogP contribution in [0.4, 0.5) is 0 Å². The van der Waals surface area contributed by atoms with Crippen LogP contribution in [0.1, 0.15) is 41.9 Å². The molecule has 0 aliphatic heterocycles. The lowest BCUT2D eigenvalue weighted by Crippen LogP contribution is -2.08. The van der Waals surface area contributed by atoms with Crippen LogP contribution in [0.15, 0.2) is 18.2 Å². The van der Waals surface area contributed by atoms with Gasteiger partial charge in [0.2, 0.25) is 0 Å². The lowest BCUT2D eigenvalue weighted by atomic mass is 9.89. The largest absolute Gasteiger partial charge is 0.481 e. The van der Waals surface area contributed by atoms with Gasteiger partial charge in [0.05, 0.1) is 6.42 Å². The van der Waals surface area contributed by atoms with Gasteiger partial charge in [0.1, 0.15) is 0 Å². The van der Waals surface area contributed by atoms with Gasteiger partial charge in [-0.05, 0) is 55.2 Å². The van der Waals surface area contributed by atoms with Gasteiger partial charge >= 0.3 is 5.97 Å². The number of benzene rings is 1. The predicted octanol–water partition coefficient (Wildman–Crippen LogP) is 3.27. The van der Waals surface area contributed by atoms with Gasteiger partial charge in [-0.3, -0.25) is 4.79 Å². The molecule has 0 aromatic heterocycles. The van der Waals surface area contributed by atoms with E-state index in [1.807, 2.05) is 0 Å². The molecule has 1 N–H and O–H groups in total. The van der Waals surface area contributed by atoms with E-state index < -0.39 is 5.97 Å². The number of hydrogen-bond acceptors (Lipinski definition) is 1. The quantitative estimate of drug-likeness (QED) is 0.842. The van der Waals surface area contributed by atoms with Crippen LogP contribution in [-0.4, -0.2) is 11.1 Å². The monoisotopic (exact) mass is 218 g/mol. The molecular weight excluding hydrogens is 200 g/mol. The number of rotatable bonds is 4. The highest BCUT2D eigenvalue weighted by atomic mass is 16.4. The maximum absolute atomic E-state index is 10.9. The first-order valence-corrected chi connectivity index (χ1v) is 5.87. The van der Waals surface area contributed by atoms with Crippen molar-refractivity contribution in [2.75, 3.05) is 0 Å². The number of hydrogen-bond donors (Lipinski definition) is 1. The van der Waals surface area contributed by atoms with E-state index in [1.165, 1.54) is 29.5 Å². The van der Waals surface area contributed by atoms with Gasteiger partial charge in [-0.15, -0.1) is 0 Å². The van der Waals surface area contributed by atoms with E-state index >= 15 is 0 Å². The van der Waals surface area contributed by atoms with Crippen LogP contribution < -0.4 is 0 Å². The molecule has 0 saturated heterocycles. The maximum Gasteiger partial charge on any atom is 0.303 e. The lowest BCUT2D eigenvalue weighted by Gasteiger charge is -2.15. The maximum atomic E-state index is 10.9. The molecule has 0 bridgehead atoms. The molecule has 1 aliphatic carbocycles. The van der Waals surface area contributed by atoms with Crippen molar-refractivity contribution in [2.24, 2.45) is 5.92 Å². The molecule has 0 radical (unpaired) electrons. The third-order valence-electron chi connectivity index (χ3n) is 3.54. The van der Waals surface area contributed by atoms with Gasteiger partial charge in [0, 0.05) is 0 Å². The van der Waals surface area contributed by atoms with Crippen molar-refractivity contribution in [1.29, 1.82) is 0 Å². The molecule has 16 heavy (non-hydrogen) atoms. The summed E-state index contributed by atoms with van der Waals surface area (Å²) in [6, 6.07) is 6.34. The number of carboxylic acid groups (broad SMARTS) is 1. The van der Waals surface area contributed by atoms with Crippen molar-refractivity contribution < 1.29 is 9.90 Å². The van der Waals surface area contributed by atoms with E-state index in [1.54, 1.807) is 0 Å². The third-order valence-corrected chi connectivity index (χ3v) is 3.54. The summed E-state index contributed by atoms with van der Waals surface area (Å²) in [5, 5.41) is 8.95. The molecule has 1 aromatic rings. The fraction of sp³-hybridized carbons (Fsp3) is 0.500. The van der Waals surface area contributed by atoms with Gasteiger partial charge in [-0.25, -0.2) is 0 Å². The Morgan fingerprint density at radius 1 is 1.38 bits per heavy atom. The summed E-state index contributed by atoms with van der Waals surface area (Å²) >= 11 is 0. The Labute approximate surface area is 96.3 Å². The minimum atomic E-state index is -0.685. The number of carbonyl (C=O) groups is 1.